The molecule has 8 heteroatoms. The first-order valence-electron chi connectivity index (χ1n) is 10.9. The van der Waals surface area contributed by atoms with Gasteiger partial charge in [0.1, 0.15) is 16.9 Å². The molecule has 0 aliphatic heterocycles. The lowest BCUT2D eigenvalue weighted by molar-refractivity contribution is -0.123. The van der Waals surface area contributed by atoms with Gasteiger partial charge in [0.15, 0.2) is 0 Å². The van der Waals surface area contributed by atoms with Crippen LogP contribution in [0.15, 0.2) is 18.2 Å². The van der Waals surface area contributed by atoms with Crippen LogP contribution in [-0.4, -0.2) is 41.5 Å². The molecule has 0 fully saturated rings. The lowest BCUT2D eigenvalue weighted by Gasteiger charge is -2.29. The highest BCUT2D eigenvalue weighted by Crippen LogP contribution is 2.28. The van der Waals surface area contributed by atoms with Gasteiger partial charge >= 0.3 is 6.09 Å². The smallest absolute Gasteiger partial charge is 0.408 e. The number of amides is 2. The number of rotatable bonds is 12. The molecule has 0 heterocycles. The van der Waals surface area contributed by atoms with Gasteiger partial charge in [0.05, 0.1) is 18.2 Å². The molecule has 31 heavy (non-hydrogen) atoms. The average Bonchev–Trinajstić information content (AvgIpc) is 2.67. The summed E-state index contributed by atoms with van der Waals surface area (Å²) in [5, 5.41) is 15.1. The standard InChI is InChI=1S/C23H37ClN2O5/c1-6-7-8-9-10-11-14-30-19-13-12-17(15-18(19)24)25-20(28)23(5,16-27)26-21(29)31-22(2,3)4/h12-13,15,27H,6-11,14,16H2,1-5H3,(H,25,28)(H,26,29)/t23-/m0/s1. The van der Waals surface area contributed by atoms with Crippen molar-refractivity contribution in [1.29, 1.82) is 0 Å². The maximum atomic E-state index is 12.7. The second-order valence-corrected chi connectivity index (χ2v) is 9.24. The summed E-state index contributed by atoms with van der Waals surface area (Å²) in [7, 11) is 0. The van der Waals surface area contributed by atoms with E-state index in [0.717, 1.165) is 12.8 Å². The first-order chi connectivity index (χ1) is 14.5. The van der Waals surface area contributed by atoms with E-state index in [0.29, 0.717) is 23.1 Å². The minimum absolute atomic E-state index is 0.370. The Bertz CT molecular complexity index is 720. The zero-order valence-corrected chi connectivity index (χ0v) is 20.1. The molecule has 176 valence electrons. The monoisotopic (exact) mass is 456 g/mol. The van der Waals surface area contributed by atoms with Gasteiger partial charge < -0.3 is 25.2 Å². The molecule has 1 rings (SSSR count). The highest BCUT2D eigenvalue weighted by Gasteiger charge is 2.36. The molecule has 0 saturated heterocycles. The number of carbonyl (C=O) groups excluding carboxylic acids is 2. The zero-order chi connectivity index (χ0) is 23.5. The molecule has 0 bridgehead atoms. The van der Waals surface area contributed by atoms with E-state index < -0.39 is 29.7 Å². The molecule has 0 aliphatic rings. The number of aliphatic hydroxyl groups excluding tert-OH is 1. The summed E-state index contributed by atoms with van der Waals surface area (Å²) in [6.45, 7) is 8.71. The third-order valence-corrected chi connectivity index (χ3v) is 4.83. The van der Waals surface area contributed by atoms with Crippen molar-refractivity contribution in [1.82, 2.24) is 5.32 Å². The molecule has 0 radical (unpaired) electrons. The lowest BCUT2D eigenvalue weighted by atomic mass is 10.0. The van der Waals surface area contributed by atoms with Crippen molar-refractivity contribution in [2.75, 3.05) is 18.5 Å². The Morgan fingerprint density at radius 2 is 1.71 bits per heavy atom. The van der Waals surface area contributed by atoms with Gasteiger partial charge in [-0.05, 0) is 52.3 Å². The van der Waals surface area contributed by atoms with Gasteiger partial charge in [-0.2, -0.15) is 0 Å². The van der Waals surface area contributed by atoms with Crippen molar-refractivity contribution in [2.24, 2.45) is 0 Å². The Kier molecular flexibility index (Phi) is 11.1. The molecule has 7 nitrogen and oxygen atoms in total. The van der Waals surface area contributed by atoms with Crippen LogP contribution in [0.4, 0.5) is 10.5 Å². The molecule has 0 saturated carbocycles. The third kappa shape index (κ3) is 10.2. The van der Waals surface area contributed by atoms with Gasteiger partial charge in [-0.3, -0.25) is 4.79 Å². The third-order valence-electron chi connectivity index (χ3n) is 4.54. The SMILES string of the molecule is CCCCCCCCOc1ccc(NC(=O)[C@](C)(CO)NC(=O)OC(C)(C)C)cc1Cl. The van der Waals surface area contributed by atoms with Crippen molar-refractivity contribution in [3.05, 3.63) is 23.2 Å². The van der Waals surface area contributed by atoms with E-state index in [1.54, 1.807) is 39.0 Å². The Hall–Kier alpha value is -1.99. The van der Waals surface area contributed by atoms with Gasteiger partial charge in [0.2, 0.25) is 0 Å². The van der Waals surface area contributed by atoms with Crippen LogP contribution in [0.2, 0.25) is 5.02 Å². The topological polar surface area (TPSA) is 96.9 Å². The number of hydrogen-bond donors (Lipinski definition) is 3. The summed E-state index contributed by atoms with van der Waals surface area (Å²) in [5.41, 5.74) is -1.87. The van der Waals surface area contributed by atoms with Gasteiger partial charge in [-0.25, -0.2) is 4.79 Å². The van der Waals surface area contributed by atoms with Crippen molar-refractivity contribution >= 4 is 29.3 Å². The molecule has 0 aliphatic carbocycles. The van der Waals surface area contributed by atoms with Gasteiger partial charge in [0.25, 0.3) is 5.91 Å². The summed E-state index contributed by atoms with van der Waals surface area (Å²) in [6.07, 6.45) is 6.24. The van der Waals surface area contributed by atoms with E-state index in [9.17, 15) is 14.7 Å². The summed E-state index contributed by atoms with van der Waals surface area (Å²) >= 11 is 6.28. The molecule has 1 atom stereocenters. The van der Waals surface area contributed by atoms with Crippen molar-refractivity contribution in [3.63, 3.8) is 0 Å². The summed E-state index contributed by atoms with van der Waals surface area (Å²) < 4.78 is 10.9. The van der Waals surface area contributed by atoms with Crippen LogP contribution < -0.4 is 15.4 Å². The lowest BCUT2D eigenvalue weighted by Crippen LogP contribution is -2.58. The largest absolute Gasteiger partial charge is 0.492 e. The number of anilines is 1. The second kappa shape index (κ2) is 12.8. The minimum atomic E-state index is -1.57. The predicted molar refractivity (Wildman–Crippen MR) is 124 cm³/mol. The number of benzene rings is 1. The van der Waals surface area contributed by atoms with E-state index in [4.69, 9.17) is 21.1 Å². The number of aliphatic hydroxyl groups is 1. The van der Waals surface area contributed by atoms with Crippen LogP contribution in [0.5, 0.6) is 5.75 Å². The molecule has 1 aromatic carbocycles. The average molecular weight is 457 g/mol. The molecule has 1 aromatic rings. The number of ether oxygens (including phenoxy) is 2. The van der Waals surface area contributed by atoms with Gasteiger partial charge in [0, 0.05) is 5.69 Å². The Labute approximate surface area is 190 Å². The first kappa shape index (κ1) is 27.0. The van der Waals surface area contributed by atoms with Crippen molar-refractivity contribution in [3.8, 4) is 5.75 Å². The molecule has 0 spiro atoms. The van der Waals surface area contributed by atoms with Crippen LogP contribution in [0.1, 0.15) is 73.1 Å². The van der Waals surface area contributed by atoms with Crippen LogP contribution >= 0.6 is 11.6 Å². The van der Waals surface area contributed by atoms with E-state index in [1.807, 2.05) is 0 Å². The number of hydrogen-bond acceptors (Lipinski definition) is 5. The number of halogens is 1. The van der Waals surface area contributed by atoms with E-state index in [2.05, 4.69) is 17.6 Å². The first-order valence-corrected chi connectivity index (χ1v) is 11.2. The number of alkyl carbamates (subject to hydrolysis) is 1. The Morgan fingerprint density at radius 1 is 1.06 bits per heavy atom. The normalized spacial score (nSPS) is 13.3. The van der Waals surface area contributed by atoms with Crippen molar-refractivity contribution < 1.29 is 24.2 Å². The van der Waals surface area contributed by atoms with E-state index in [-0.39, 0.29) is 0 Å². The fraction of sp³-hybridized carbons (Fsp3) is 0.652. The van der Waals surface area contributed by atoms with Crippen LogP contribution in [-0.2, 0) is 9.53 Å². The quantitative estimate of drug-likeness (QED) is 0.371. The van der Waals surface area contributed by atoms with Gasteiger partial charge in [-0.15, -0.1) is 0 Å². The number of carbonyl (C=O) groups is 2. The minimum Gasteiger partial charge on any atom is -0.492 e. The number of unbranched alkanes of at least 4 members (excludes halogenated alkanes) is 5. The van der Waals surface area contributed by atoms with Gasteiger partial charge in [-0.1, -0.05) is 50.6 Å². The Balaban J connectivity index is 2.61. The van der Waals surface area contributed by atoms with E-state index >= 15 is 0 Å². The zero-order valence-electron chi connectivity index (χ0n) is 19.3. The summed E-state index contributed by atoms with van der Waals surface area (Å²) in [6, 6.07) is 4.92. The molecule has 0 unspecified atom stereocenters. The molecule has 3 N–H and O–H groups in total. The predicted octanol–water partition coefficient (Wildman–Crippen LogP) is 5.29. The summed E-state index contributed by atoms with van der Waals surface area (Å²) in [5.74, 6) is -0.0531. The van der Waals surface area contributed by atoms with Crippen LogP contribution in [0, 0.1) is 0 Å². The summed E-state index contributed by atoms with van der Waals surface area (Å²) in [4.78, 5) is 24.7. The highest BCUT2D eigenvalue weighted by molar-refractivity contribution is 6.32. The maximum Gasteiger partial charge on any atom is 0.408 e. The fourth-order valence-corrected chi connectivity index (χ4v) is 2.96. The van der Waals surface area contributed by atoms with Crippen LogP contribution in [0.3, 0.4) is 0 Å². The second-order valence-electron chi connectivity index (χ2n) is 8.83. The fourth-order valence-electron chi connectivity index (χ4n) is 2.73. The molecule has 0 aromatic heterocycles. The molecule has 2 amide bonds. The Morgan fingerprint density at radius 3 is 2.29 bits per heavy atom. The molecular formula is C23H37ClN2O5. The van der Waals surface area contributed by atoms with Crippen LogP contribution in [0.25, 0.3) is 0 Å². The highest BCUT2D eigenvalue weighted by atomic mass is 35.5. The van der Waals surface area contributed by atoms with Crippen molar-refractivity contribution in [2.45, 2.75) is 84.3 Å². The number of nitrogens with one attached hydrogen (secondary N) is 2. The maximum absolute atomic E-state index is 12.7. The van der Waals surface area contributed by atoms with E-state index in [1.165, 1.54) is 32.6 Å². The molecular weight excluding hydrogens is 420 g/mol.